The number of carbonyl (C=O) groups excluding carboxylic acids is 1. The van der Waals surface area contributed by atoms with Gasteiger partial charge in [-0.1, -0.05) is 12.1 Å². The van der Waals surface area contributed by atoms with E-state index in [0.29, 0.717) is 24.5 Å². The molecule has 0 unspecified atom stereocenters. The molecule has 0 spiro atoms. The van der Waals surface area contributed by atoms with Gasteiger partial charge in [0.2, 0.25) is 0 Å². The van der Waals surface area contributed by atoms with Crippen molar-refractivity contribution in [1.29, 1.82) is 0 Å². The molecular formula is C18H23NO3. The number of nitrogens with zero attached hydrogens (tertiary/aromatic N) is 1. The van der Waals surface area contributed by atoms with Crippen molar-refractivity contribution < 1.29 is 13.9 Å². The Balaban J connectivity index is 2.11. The summed E-state index contributed by atoms with van der Waals surface area (Å²) in [6.45, 7) is 8.79. The van der Waals surface area contributed by atoms with Crippen molar-refractivity contribution in [2.24, 2.45) is 0 Å². The van der Waals surface area contributed by atoms with Crippen molar-refractivity contribution >= 4 is 5.91 Å². The molecule has 1 heterocycles. The number of aryl methyl sites for hydroxylation is 2. The van der Waals surface area contributed by atoms with Crippen molar-refractivity contribution in [3.8, 4) is 5.75 Å². The molecular weight excluding hydrogens is 278 g/mol. The van der Waals surface area contributed by atoms with Crippen LogP contribution in [-0.2, 0) is 6.54 Å². The van der Waals surface area contributed by atoms with Gasteiger partial charge in [-0.3, -0.25) is 4.79 Å². The normalized spacial score (nSPS) is 10.6. The minimum Gasteiger partial charge on any atom is -0.494 e. The molecule has 4 heteroatoms. The van der Waals surface area contributed by atoms with E-state index in [4.69, 9.17) is 9.15 Å². The van der Waals surface area contributed by atoms with Gasteiger partial charge >= 0.3 is 0 Å². The number of hydrogen-bond acceptors (Lipinski definition) is 3. The number of furan rings is 1. The smallest absolute Gasteiger partial charge is 0.257 e. The molecule has 4 nitrogen and oxygen atoms in total. The lowest BCUT2D eigenvalue weighted by Crippen LogP contribution is -2.27. The predicted molar refractivity (Wildman–Crippen MR) is 86.3 cm³/mol. The summed E-state index contributed by atoms with van der Waals surface area (Å²) in [4.78, 5) is 14.3. The first kappa shape index (κ1) is 16.1. The summed E-state index contributed by atoms with van der Waals surface area (Å²) >= 11 is 0. The Hall–Kier alpha value is -2.23. The van der Waals surface area contributed by atoms with Gasteiger partial charge in [0.1, 0.15) is 17.3 Å². The van der Waals surface area contributed by atoms with Crippen molar-refractivity contribution in [3.63, 3.8) is 0 Å². The molecule has 22 heavy (non-hydrogen) atoms. The van der Waals surface area contributed by atoms with Crippen LogP contribution in [0.25, 0.3) is 0 Å². The van der Waals surface area contributed by atoms with Gasteiger partial charge in [0, 0.05) is 19.2 Å². The van der Waals surface area contributed by atoms with E-state index in [0.717, 1.165) is 22.6 Å². The van der Waals surface area contributed by atoms with Gasteiger partial charge in [0.15, 0.2) is 0 Å². The van der Waals surface area contributed by atoms with Gasteiger partial charge in [-0.2, -0.15) is 0 Å². The molecule has 0 radical (unpaired) electrons. The first-order valence-electron chi connectivity index (χ1n) is 7.47. The minimum absolute atomic E-state index is 0.0132. The molecule has 0 saturated heterocycles. The van der Waals surface area contributed by atoms with Crippen molar-refractivity contribution in [3.05, 3.63) is 52.5 Å². The highest BCUT2D eigenvalue weighted by atomic mass is 16.5. The molecule has 0 aliphatic heterocycles. The molecule has 1 amide bonds. The summed E-state index contributed by atoms with van der Waals surface area (Å²) in [6.07, 6.45) is 0. The van der Waals surface area contributed by atoms with Crippen molar-refractivity contribution in [2.45, 2.75) is 34.2 Å². The molecule has 0 bridgehead atoms. The van der Waals surface area contributed by atoms with Crippen molar-refractivity contribution in [2.75, 3.05) is 13.7 Å². The highest BCUT2D eigenvalue weighted by Crippen LogP contribution is 2.23. The van der Waals surface area contributed by atoms with Crippen LogP contribution < -0.4 is 4.74 Å². The first-order chi connectivity index (χ1) is 10.4. The predicted octanol–water partition coefficient (Wildman–Crippen LogP) is 3.88. The lowest BCUT2D eigenvalue weighted by atomic mass is 10.1. The molecule has 0 atom stereocenters. The Kier molecular flexibility index (Phi) is 4.91. The maximum absolute atomic E-state index is 12.6. The molecule has 0 N–H and O–H groups in total. The summed E-state index contributed by atoms with van der Waals surface area (Å²) in [5, 5.41) is 0. The van der Waals surface area contributed by atoms with Gasteiger partial charge in [-0.05, 0) is 45.4 Å². The van der Waals surface area contributed by atoms with E-state index in [1.807, 2.05) is 52.0 Å². The fourth-order valence-corrected chi connectivity index (χ4v) is 2.50. The summed E-state index contributed by atoms with van der Waals surface area (Å²) < 4.78 is 11.0. The van der Waals surface area contributed by atoms with E-state index in [9.17, 15) is 4.79 Å². The lowest BCUT2D eigenvalue weighted by Gasteiger charge is -2.17. The average molecular weight is 301 g/mol. The lowest BCUT2D eigenvalue weighted by molar-refractivity contribution is 0.0782. The maximum atomic E-state index is 12.6. The zero-order valence-electron chi connectivity index (χ0n) is 13.9. The van der Waals surface area contributed by atoms with Crippen LogP contribution in [0.5, 0.6) is 5.75 Å². The van der Waals surface area contributed by atoms with Crippen LogP contribution in [0.3, 0.4) is 0 Å². The Labute approximate surface area is 131 Å². The first-order valence-corrected chi connectivity index (χ1v) is 7.47. The summed E-state index contributed by atoms with van der Waals surface area (Å²) in [6, 6.07) is 7.81. The van der Waals surface area contributed by atoms with Crippen LogP contribution in [0.4, 0.5) is 0 Å². The molecule has 0 saturated carbocycles. The van der Waals surface area contributed by atoms with E-state index >= 15 is 0 Å². The molecule has 1 aromatic carbocycles. The molecule has 0 aliphatic carbocycles. The number of ether oxygens (including phenoxy) is 1. The third kappa shape index (κ3) is 3.32. The average Bonchev–Trinajstić information content (AvgIpc) is 2.74. The van der Waals surface area contributed by atoms with Crippen LogP contribution >= 0.6 is 0 Å². The second kappa shape index (κ2) is 6.69. The Morgan fingerprint density at radius 1 is 1.14 bits per heavy atom. The third-order valence-corrected chi connectivity index (χ3v) is 3.78. The van der Waals surface area contributed by atoms with Gasteiger partial charge in [0.05, 0.1) is 12.2 Å². The number of hydrogen-bond donors (Lipinski definition) is 0. The fraction of sp³-hybridized carbons (Fsp3) is 0.389. The van der Waals surface area contributed by atoms with Crippen LogP contribution in [0.1, 0.15) is 39.9 Å². The fourth-order valence-electron chi connectivity index (χ4n) is 2.50. The molecule has 1 aromatic heterocycles. The van der Waals surface area contributed by atoms with Gasteiger partial charge in [-0.25, -0.2) is 0 Å². The van der Waals surface area contributed by atoms with E-state index in [1.54, 1.807) is 11.9 Å². The van der Waals surface area contributed by atoms with E-state index in [-0.39, 0.29) is 5.91 Å². The molecule has 0 fully saturated rings. The highest BCUT2D eigenvalue weighted by Gasteiger charge is 2.21. The van der Waals surface area contributed by atoms with Gasteiger partial charge in [-0.15, -0.1) is 0 Å². The van der Waals surface area contributed by atoms with Crippen LogP contribution in [0.2, 0.25) is 0 Å². The summed E-state index contributed by atoms with van der Waals surface area (Å²) in [5.41, 5.74) is 2.65. The maximum Gasteiger partial charge on any atom is 0.257 e. The number of amides is 1. The Bertz CT molecular complexity index is 656. The number of rotatable bonds is 5. The number of benzene rings is 1. The second-order valence-corrected chi connectivity index (χ2v) is 5.45. The molecule has 0 aliphatic rings. The summed E-state index contributed by atoms with van der Waals surface area (Å²) in [5.74, 6) is 2.31. The summed E-state index contributed by atoms with van der Waals surface area (Å²) in [7, 11) is 1.81. The molecule has 118 valence electrons. The van der Waals surface area contributed by atoms with Crippen LogP contribution in [0, 0.1) is 20.8 Å². The standard InChI is InChI=1S/C18H23NO3/c1-6-21-16-9-7-15(8-10-16)11-19(5)18(20)17-12(2)13(3)22-14(17)4/h7-10H,6,11H2,1-5H3. The monoisotopic (exact) mass is 301 g/mol. The van der Waals surface area contributed by atoms with E-state index < -0.39 is 0 Å². The Morgan fingerprint density at radius 3 is 2.27 bits per heavy atom. The van der Waals surface area contributed by atoms with E-state index in [1.165, 1.54) is 0 Å². The number of carbonyl (C=O) groups is 1. The van der Waals surface area contributed by atoms with Gasteiger partial charge in [0.25, 0.3) is 5.91 Å². The third-order valence-electron chi connectivity index (χ3n) is 3.78. The molecule has 2 aromatic rings. The van der Waals surface area contributed by atoms with Gasteiger partial charge < -0.3 is 14.1 Å². The van der Waals surface area contributed by atoms with Crippen molar-refractivity contribution in [1.82, 2.24) is 4.90 Å². The van der Waals surface area contributed by atoms with Crippen LogP contribution in [-0.4, -0.2) is 24.5 Å². The SMILES string of the molecule is CCOc1ccc(CN(C)C(=O)c2c(C)oc(C)c2C)cc1. The second-order valence-electron chi connectivity index (χ2n) is 5.45. The zero-order chi connectivity index (χ0) is 16.3. The topological polar surface area (TPSA) is 42.7 Å². The molecule has 2 rings (SSSR count). The van der Waals surface area contributed by atoms with Crippen LogP contribution in [0.15, 0.2) is 28.7 Å². The zero-order valence-corrected chi connectivity index (χ0v) is 13.9. The minimum atomic E-state index is -0.0132. The Morgan fingerprint density at radius 2 is 1.77 bits per heavy atom. The highest BCUT2D eigenvalue weighted by molar-refractivity contribution is 5.96. The quantitative estimate of drug-likeness (QED) is 0.841. The van der Waals surface area contributed by atoms with E-state index in [2.05, 4.69) is 0 Å². The largest absolute Gasteiger partial charge is 0.494 e.